The lowest BCUT2D eigenvalue weighted by atomic mass is 9.96. The summed E-state index contributed by atoms with van der Waals surface area (Å²) in [6.45, 7) is 9.28. The number of nitrogens with zero attached hydrogens (tertiary/aromatic N) is 2. The van der Waals surface area contributed by atoms with E-state index in [1.54, 1.807) is 44.1 Å². The number of aromatic nitrogens is 2. The molecule has 10 nitrogen and oxygen atoms in total. The van der Waals surface area contributed by atoms with E-state index in [4.69, 9.17) is 4.74 Å². The van der Waals surface area contributed by atoms with Crippen LogP contribution in [0.4, 0.5) is 4.79 Å². The average molecular weight is 600 g/mol. The van der Waals surface area contributed by atoms with Crippen LogP contribution in [0.1, 0.15) is 59.1 Å². The van der Waals surface area contributed by atoms with Gasteiger partial charge >= 0.3 is 11.8 Å². The van der Waals surface area contributed by atoms with Crippen molar-refractivity contribution in [3.8, 4) is 0 Å². The minimum atomic E-state index is -1.34. The van der Waals surface area contributed by atoms with Crippen LogP contribution < -0.4 is 16.3 Å². The Morgan fingerprint density at radius 1 is 0.932 bits per heavy atom. The number of para-hydroxylation sites is 2. The molecular formula is C34H41N5O5. The molecule has 0 radical (unpaired) electrons. The molecule has 1 aliphatic rings. The van der Waals surface area contributed by atoms with E-state index in [1.807, 2.05) is 66.7 Å². The summed E-state index contributed by atoms with van der Waals surface area (Å²) in [6.07, 6.45) is 0.766. The molecule has 1 saturated heterocycles. The minimum absolute atomic E-state index is 0.0502. The SMILES string of the molecule is CC(C)(C)OC(=O)NC(C)(C)C(=O)NC(Cc1cccc2ccccc12)C(=O)N1CCC(n2c(=O)[nH]c3ccccc32)CC1. The van der Waals surface area contributed by atoms with Gasteiger partial charge in [-0.05, 0) is 75.9 Å². The Morgan fingerprint density at radius 3 is 2.32 bits per heavy atom. The summed E-state index contributed by atoms with van der Waals surface area (Å²) in [6, 6.07) is 20.5. The van der Waals surface area contributed by atoms with Gasteiger partial charge in [-0.15, -0.1) is 0 Å². The van der Waals surface area contributed by atoms with Gasteiger partial charge in [-0.3, -0.25) is 14.2 Å². The Kier molecular flexibility index (Phi) is 8.54. The lowest BCUT2D eigenvalue weighted by Crippen LogP contribution is -2.60. The molecule has 0 aliphatic carbocycles. The van der Waals surface area contributed by atoms with Gasteiger partial charge in [-0.1, -0.05) is 54.6 Å². The van der Waals surface area contributed by atoms with E-state index in [9.17, 15) is 19.2 Å². The molecule has 232 valence electrons. The molecule has 1 aromatic heterocycles. The number of carbonyl (C=O) groups is 3. The van der Waals surface area contributed by atoms with Crippen LogP contribution in [0.25, 0.3) is 21.8 Å². The summed E-state index contributed by atoms with van der Waals surface area (Å²) in [7, 11) is 0. The molecule has 3 N–H and O–H groups in total. The number of ether oxygens (including phenoxy) is 1. The van der Waals surface area contributed by atoms with E-state index >= 15 is 0 Å². The Balaban J connectivity index is 1.36. The molecule has 0 spiro atoms. The van der Waals surface area contributed by atoms with E-state index in [1.165, 1.54) is 0 Å². The number of carbonyl (C=O) groups excluding carboxylic acids is 3. The highest BCUT2D eigenvalue weighted by molar-refractivity contribution is 5.94. The highest BCUT2D eigenvalue weighted by Crippen LogP contribution is 2.26. The van der Waals surface area contributed by atoms with Gasteiger partial charge in [-0.25, -0.2) is 9.59 Å². The molecule has 0 saturated carbocycles. The second kappa shape index (κ2) is 12.2. The zero-order chi connectivity index (χ0) is 31.6. The molecule has 1 fully saturated rings. The lowest BCUT2D eigenvalue weighted by molar-refractivity contribution is -0.138. The molecule has 3 amide bonds. The Bertz CT molecular complexity index is 1730. The molecule has 5 rings (SSSR count). The Labute approximate surface area is 256 Å². The molecule has 2 heterocycles. The van der Waals surface area contributed by atoms with Crippen molar-refractivity contribution in [2.24, 2.45) is 0 Å². The zero-order valence-electron chi connectivity index (χ0n) is 26.0. The molecule has 3 aromatic carbocycles. The number of hydrogen-bond donors (Lipinski definition) is 3. The number of amides is 3. The molecule has 10 heteroatoms. The molecule has 1 unspecified atom stereocenters. The van der Waals surface area contributed by atoms with Crippen molar-refractivity contribution in [2.45, 2.75) is 77.1 Å². The van der Waals surface area contributed by atoms with Crippen molar-refractivity contribution in [1.82, 2.24) is 25.1 Å². The molecule has 0 bridgehead atoms. The van der Waals surface area contributed by atoms with Gasteiger partial charge in [-0.2, -0.15) is 0 Å². The number of nitrogens with one attached hydrogen (secondary N) is 3. The fourth-order valence-corrected chi connectivity index (χ4v) is 5.85. The van der Waals surface area contributed by atoms with Gasteiger partial charge in [0.25, 0.3) is 0 Å². The number of aromatic amines is 1. The Hall–Kier alpha value is -4.60. The van der Waals surface area contributed by atoms with E-state index < -0.39 is 29.2 Å². The van der Waals surface area contributed by atoms with Crippen molar-refractivity contribution < 1.29 is 19.1 Å². The highest BCUT2D eigenvalue weighted by Gasteiger charge is 2.37. The van der Waals surface area contributed by atoms with Gasteiger partial charge in [0.2, 0.25) is 11.8 Å². The summed E-state index contributed by atoms with van der Waals surface area (Å²) in [5.41, 5.74) is 0.340. The number of likely N-dealkylation sites (tertiary alicyclic amines) is 1. The van der Waals surface area contributed by atoms with Crippen molar-refractivity contribution in [3.05, 3.63) is 82.8 Å². The maximum Gasteiger partial charge on any atom is 0.408 e. The molecular weight excluding hydrogens is 558 g/mol. The Morgan fingerprint density at radius 2 is 1.59 bits per heavy atom. The number of imidazole rings is 1. The van der Waals surface area contributed by atoms with Crippen LogP contribution in [-0.4, -0.2) is 62.6 Å². The first-order valence-corrected chi connectivity index (χ1v) is 15.1. The quantitative estimate of drug-likeness (QED) is 0.285. The van der Waals surface area contributed by atoms with Gasteiger partial charge < -0.3 is 25.3 Å². The predicted molar refractivity (Wildman–Crippen MR) is 170 cm³/mol. The smallest absolute Gasteiger partial charge is 0.408 e. The van der Waals surface area contributed by atoms with Crippen LogP contribution in [0.5, 0.6) is 0 Å². The van der Waals surface area contributed by atoms with Crippen molar-refractivity contribution >= 4 is 39.7 Å². The normalized spacial score (nSPS) is 15.2. The van der Waals surface area contributed by atoms with Gasteiger partial charge in [0.1, 0.15) is 17.2 Å². The summed E-state index contributed by atoms with van der Waals surface area (Å²) >= 11 is 0. The van der Waals surface area contributed by atoms with Crippen LogP contribution in [0.15, 0.2) is 71.5 Å². The first-order chi connectivity index (χ1) is 20.8. The monoisotopic (exact) mass is 599 g/mol. The maximum atomic E-state index is 14.1. The van der Waals surface area contributed by atoms with Gasteiger partial charge in [0, 0.05) is 25.6 Å². The number of H-pyrrole nitrogens is 1. The summed E-state index contributed by atoms with van der Waals surface area (Å²) in [5.74, 6) is -0.703. The van der Waals surface area contributed by atoms with Crippen LogP contribution in [-0.2, 0) is 20.7 Å². The van der Waals surface area contributed by atoms with Crippen LogP contribution >= 0.6 is 0 Å². The second-order valence-corrected chi connectivity index (χ2v) is 13.0. The number of piperidine rings is 1. The maximum absolute atomic E-state index is 14.1. The number of alkyl carbamates (subject to hydrolysis) is 1. The number of hydrogen-bond acceptors (Lipinski definition) is 5. The van der Waals surface area contributed by atoms with Crippen molar-refractivity contribution in [2.75, 3.05) is 13.1 Å². The summed E-state index contributed by atoms with van der Waals surface area (Å²) in [4.78, 5) is 57.7. The third kappa shape index (κ3) is 6.79. The lowest BCUT2D eigenvalue weighted by Gasteiger charge is -2.36. The summed E-state index contributed by atoms with van der Waals surface area (Å²) < 4.78 is 7.15. The number of fused-ring (bicyclic) bond motifs is 2. The zero-order valence-corrected chi connectivity index (χ0v) is 26.0. The average Bonchev–Trinajstić information content (AvgIpc) is 3.31. The van der Waals surface area contributed by atoms with Crippen LogP contribution in [0.2, 0.25) is 0 Å². The highest BCUT2D eigenvalue weighted by atomic mass is 16.6. The van der Waals surface area contributed by atoms with Crippen LogP contribution in [0, 0.1) is 0 Å². The first-order valence-electron chi connectivity index (χ1n) is 15.1. The molecule has 44 heavy (non-hydrogen) atoms. The van der Waals surface area contributed by atoms with Gasteiger partial charge in [0.05, 0.1) is 11.0 Å². The van der Waals surface area contributed by atoms with Gasteiger partial charge in [0.15, 0.2) is 0 Å². The van der Waals surface area contributed by atoms with E-state index in [0.717, 1.165) is 27.4 Å². The number of benzene rings is 3. The second-order valence-electron chi connectivity index (χ2n) is 13.0. The fourth-order valence-electron chi connectivity index (χ4n) is 5.85. The standard InChI is InChI=1S/C34H41N5O5/c1-33(2,3)44-32(43)37-34(4,5)30(41)35-27(21-23-13-10-12-22-11-6-7-14-25(22)23)29(40)38-19-17-24(18-20-38)39-28-16-9-8-15-26(28)36-31(39)42/h6-16,24,27H,17-21H2,1-5H3,(H,35,41)(H,36,42)(H,37,43). The third-order valence-corrected chi connectivity index (χ3v) is 8.05. The summed E-state index contributed by atoms with van der Waals surface area (Å²) in [5, 5.41) is 7.63. The van der Waals surface area contributed by atoms with Crippen molar-refractivity contribution in [1.29, 1.82) is 0 Å². The molecule has 4 aromatic rings. The van der Waals surface area contributed by atoms with Crippen LogP contribution in [0.3, 0.4) is 0 Å². The number of rotatable bonds is 7. The molecule has 1 atom stereocenters. The van der Waals surface area contributed by atoms with E-state index in [2.05, 4.69) is 15.6 Å². The fraction of sp³-hybridized carbons (Fsp3) is 0.412. The first kappa shape index (κ1) is 30.8. The van der Waals surface area contributed by atoms with Crippen molar-refractivity contribution in [3.63, 3.8) is 0 Å². The van der Waals surface area contributed by atoms with E-state index in [-0.39, 0.29) is 24.1 Å². The minimum Gasteiger partial charge on any atom is -0.444 e. The third-order valence-electron chi connectivity index (χ3n) is 8.05. The topological polar surface area (TPSA) is 126 Å². The largest absolute Gasteiger partial charge is 0.444 e. The predicted octanol–water partition coefficient (Wildman–Crippen LogP) is 4.68. The molecule has 1 aliphatic heterocycles. The van der Waals surface area contributed by atoms with E-state index in [0.29, 0.717) is 25.9 Å².